The van der Waals surface area contributed by atoms with Gasteiger partial charge in [-0.1, -0.05) is 35.3 Å². The molecule has 1 aromatic heterocycles. The zero-order valence-electron chi connectivity index (χ0n) is 14.9. The molecule has 0 bridgehead atoms. The van der Waals surface area contributed by atoms with Gasteiger partial charge in [-0.2, -0.15) is 0 Å². The van der Waals surface area contributed by atoms with E-state index in [1.54, 1.807) is 67.0 Å². The summed E-state index contributed by atoms with van der Waals surface area (Å²) in [5, 5.41) is 11.9. The first-order valence-electron chi connectivity index (χ1n) is 8.70. The zero-order valence-corrected chi connectivity index (χ0v) is 16.4. The Morgan fingerprint density at radius 1 is 0.931 bits per heavy atom. The minimum atomic E-state index is -0.821. The normalized spacial score (nSPS) is 18.3. The van der Waals surface area contributed by atoms with Crippen molar-refractivity contribution in [2.75, 3.05) is 4.90 Å². The van der Waals surface area contributed by atoms with Crippen LogP contribution in [-0.2, 0) is 9.59 Å². The Bertz CT molecular complexity index is 1130. The summed E-state index contributed by atoms with van der Waals surface area (Å²) in [5.74, 6) is -1.80. The summed E-state index contributed by atoms with van der Waals surface area (Å²) in [5.41, 5.74) is 1.46. The van der Waals surface area contributed by atoms with E-state index in [2.05, 4.69) is 4.98 Å². The molecule has 1 N–H and O–H groups in total. The Morgan fingerprint density at radius 3 is 2.28 bits per heavy atom. The van der Waals surface area contributed by atoms with Crippen LogP contribution < -0.4 is 4.90 Å². The number of Topliss-reactive ketones (excluding diaryl/α,β-unsaturated/α-hetero) is 1. The maximum absolute atomic E-state index is 13.0. The van der Waals surface area contributed by atoms with E-state index in [-0.39, 0.29) is 11.3 Å². The van der Waals surface area contributed by atoms with Gasteiger partial charge < -0.3 is 5.11 Å². The van der Waals surface area contributed by atoms with Crippen LogP contribution in [-0.4, -0.2) is 21.8 Å². The van der Waals surface area contributed by atoms with Crippen LogP contribution in [0.3, 0.4) is 0 Å². The molecule has 0 radical (unpaired) electrons. The average molecular weight is 425 g/mol. The Labute approximate surface area is 176 Å². The lowest BCUT2D eigenvalue weighted by Gasteiger charge is -2.25. The van der Waals surface area contributed by atoms with Crippen molar-refractivity contribution >= 4 is 46.3 Å². The Balaban J connectivity index is 1.94. The van der Waals surface area contributed by atoms with Gasteiger partial charge in [-0.05, 0) is 54.1 Å². The molecule has 0 aliphatic carbocycles. The van der Waals surface area contributed by atoms with E-state index in [1.165, 1.54) is 11.0 Å². The van der Waals surface area contributed by atoms with E-state index in [4.69, 9.17) is 23.2 Å². The number of anilines is 1. The Kier molecular flexibility index (Phi) is 5.09. The first kappa shape index (κ1) is 19.2. The monoisotopic (exact) mass is 424 g/mol. The number of carbonyl (C=O) groups is 2. The van der Waals surface area contributed by atoms with E-state index in [0.717, 1.165) is 0 Å². The molecule has 2 aromatic carbocycles. The maximum atomic E-state index is 13.0. The number of rotatable bonds is 3. The van der Waals surface area contributed by atoms with Crippen molar-refractivity contribution < 1.29 is 14.7 Å². The third kappa shape index (κ3) is 3.50. The van der Waals surface area contributed by atoms with Crippen LogP contribution in [0.5, 0.6) is 0 Å². The average Bonchev–Trinajstić information content (AvgIpc) is 3.00. The summed E-state index contributed by atoms with van der Waals surface area (Å²) in [7, 11) is 0. The van der Waals surface area contributed by atoms with E-state index in [1.807, 2.05) is 0 Å². The van der Waals surface area contributed by atoms with Crippen molar-refractivity contribution in [3.05, 3.63) is 99.8 Å². The number of amides is 1. The predicted octanol–water partition coefficient (Wildman–Crippen LogP) is 5.01. The highest BCUT2D eigenvalue weighted by atomic mass is 35.5. The van der Waals surface area contributed by atoms with Crippen LogP contribution in [0.1, 0.15) is 17.2 Å². The number of halogens is 2. The SMILES string of the molecule is O=C1C(=O)N(c2ccc(Cl)cc2)C(c2ccncc2)/C1=C(/O)c1cccc(Cl)c1. The van der Waals surface area contributed by atoms with E-state index in [9.17, 15) is 14.7 Å². The van der Waals surface area contributed by atoms with Crippen molar-refractivity contribution in [3.63, 3.8) is 0 Å². The van der Waals surface area contributed by atoms with Crippen LogP contribution in [0.25, 0.3) is 5.76 Å². The molecule has 29 heavy (non-hydrogen) atoms. The van der Waals surface area contributed by atoms with Crippen LogP contribution in [0.15, 0.2) is 78.6 Å². The molecule has 1 fully saturated rings. The number of nitrogens with zero attached hydrogens (tertiary/aromatic N) is 2. The van der Waals surface area contributed by atoms with Crippen LogP contribution in [0, 0.1) is 0 Å². The number of aliphatic hydroxyl groups excluding tert-OH is 1. The van der Waals surface area contributed by atoms with E-state index >= 15 is 0 Å². The second kappa shape index (κ2) is 7.70. The van der Waals surface area contributed by atoms with Crippen molar-refractivity contribution in [3.8, 4) is 0 Å². The van der Waals surface area contributed by atoms with Crippen LogP contribution >= 0.6 is 23.2 Å². The molecule has 2 heterocycles. The smallest absolute Gasteiger partial charge is 0.300 e. The number of hydrogen-bond acceptors (Lipinski definition) is 4. The fourth-order valence-electron chi connectivity index (χ4n) is 3.35. The molecule has 1 aliphatic rings. The second-order valence-corrected chi connectivity index (χ2v) is 7.31. The zero-order chi connectivity index (χ0) is 20.5. The number of aromatic nitrogens is 1. The van der Waals surface area contributed by atoms with Gasteiger partial charge in [0.1, 0.15) is 5.76 Å². The van der Waals surface area contributed by atoms with Crippen LogP contribution in [0.4, 0.5) is 5.69 Å². The third-order valence-electron chi connectivity index (χ3n) is 4.67. The summed E-state index contributed by atoms with van der Waals surface area (Å²) in [6.07, 6.45) is 3.13. The highest BCUT2D eigenvalue weighted by Crippen LogP contribution is 2.42. The molecule has 1 atom stereocenters. The molecule has 1 amide bonds. The van der Waals surface area contributed by atoms with Gasteiger partial charge in [0.05, 0.1) is 11.6 Å². The summed E-state index contributed by atoms with van der Waals surface area (Å²) in [4.78, 5) is 31.3. The molecular weight excluding hydrogens is 411 g/mol. The fourth-order valence-corrected chi connectivity index (χ4v) is 3.67. The number of aliphatic hydroxyl groups is 1. The maximum Gasteiger partial charge on any atom is 0.300 e. The first-order chi connectivity index (χ1) is 14.0. The lowest BCUT2D eigenvalue weighted by atomic mass is 9.96. The summed E-state index contributed by atoms with van der Waals surface area (Å²) in [6.45, 7) is 0. The van der Waals surface area contributed by atoms with Gasteiger partial charge in [-0.25, -0.2) is 0 Å². The third-order valence-corrected chi connectivity index (χ3v) is 5.16. The number of carbonyl (C=O) groups excluding carboxylic acids is 2. The van der Waals surface area contributed by atoms with Crippen molar-refractivity contribution in [1.82, 2.24) is 4.98 Å². The molecule has 0 saturated carbocycles. The van der Waals surface area contributed by atoms with Crippen LogP contribution in [0.2, 0.25) is 10.0 Å². The van der Waals surface area contributed by atoms with Gasteiger partial charge >= 0.3 is 0 Å². The minimum absolute atomic E-state index is 0.0154. The molecular formula is C22H14Cl2N2O3. The van der Waals surface area contributed by atoms with E-state index in [0.29, 0.717) is 26.9 Å². The van der Waals surface area contributed by atoms with Gasteiger partial charge in [-0.3, -0.25) is 19.5 Å². The summed E-state index contributed by atoms with van der Waals surface area (Å²) in [6, 6.07) is 15.6. The molecule has 5 nitrogen and oxygen atoms in total. The standard InChI is InChI=1S/C22H14Cl2N2O3/c23-15-4-6-17(7-5-15)26-19(13-8-10-25-11-9-13)18(21(28)22(26)29)20(27)14-2-1-3-16(24)12-14/h1-12,19,27H/b20-18-. The van der Waals surface area contributed by atoms with Crippen molar-refractivity contribution in [2.24, 2.45) is 0 Å². The van der Waals surface area contributed by atoms with Crippen molar-refractivity contribution in [2.45, 2.75) is 6.04 Å². The largest absolute Gasteiger partial charge is 0.507 e. The predicted molar refractivity (Wildman–Crippen MR) is 112 cm³/mol. The molecule has 1 unspecified atom stereocenters. The lowest BCUT2D eigenvalue weighted by molar-refractivity contribution is -0.132. The number of ketones is 1. The summed E-state index contributed by atoms with van der Waals surface area (Å²) >= 11 is 12.0. The lowest BCUT2D eigenvalue weighted by Crippen LogP contribution is -2.29. The quantitative estimate of drug-likeness (QED) is 0.364. The molecule has 4 rings (SSSR count). The molecule has 3 aromatic rings. The minimum Gasteiger partial charge on any atom is -0.507 e. The highest BCUT2D eigenvalue weighted by molar-refractivity contribution is 6.51. The molecule has 1 saturated heterocycles. The first-order valence-corrected chi connectivity index (χ1v) is 9.45. The highest BCUT2D eigenvalue weighted by Gasteiger charge is 2.46. The van der Waals surface area contributed by atoms with E-state index < -0.39 is 17.7 Å². The van der Waals surface area contributed by atoms with Gasteiger partial charge in [-0.15, -0.1) is 0 Å². The fraction of sp³-hybridized carbons (Fsp3) is 0.0455. The molecule has 7 heteroatoms. The van der Waals surface area contributed by atoms with Gasteiger partial charge in [0.25, 0.3) is 11.7 Å². The van der Waals surface area contributed by atoms with Gasteiger partial charge in [0, 0.05) is 33.7 Å². The molecule has 0 spiro atoms. The van der Waals surface area contributed by atoms with Crippen molar-refractivity contribution in [1.29, 1.82) is 0 Å². The topological polar surface area (TPSA) is 70.5 Å². The second-order valence-electron chi connectivity index (χ2n) is 6.44. The molecule has 1 aliphatic heterocycles. The Morgan fingerprint density at radius 2 is 1.62 bits per heavy atom. The summed E-state index contributed by atoms with van der Waals surface area (Å²) < 4.78 is 0. The number of benzene rings is 2. The molecule has 144 valence electrons. The van der Waals surface area contributed by atoms with Gasteiger partial charge in [0.2, 0.25) is 0 Å². The Hall–Kier alpha value is -3.15. The number of hydrogen-bond donors (Lipinski definition) is 1. The van der Waals surface area contributed by atoms with Gasteiger partial charge in [0.15, 0.2) is 0 Å². The number of pyridine rings is 1.